The van der Waals surface area contributed by atoms with E-state index in [9.17, 15) is 13.2 Å². The van der Waals surface area contributed by atoms with Gasteiger partial charge >= 0.3 is 0 Å². The first-order chi connectivity index (χ1) is 8.46. The van der Waals surface area contributed by atoms with Crippen molar-refractivity contribution in [2.45, 2.75) is 12.8 Å². The lowest BCUT2D eigenvalue weighted by Crippen LogP contribution is -2.54. The zero-order chi connectivity index (χ0) is 13.2. The predicted molar refractivity (Wildman–Crippen MR) is 68.5 cm³/mol. The van der Waals surface area contributed by atoms with Gasteiger partial charge in [0, 0.05) is 32.7 Å². The molecule has 104 valence electrons. The van der Waals surface area contributed by atoms with E-state index in [2.05, 4.69) is 10.0 Å². The quantitative estimate of drug-likeness (QED) is 0.689. The molecule has 2 rings (SSSR count). The van der Waals surface area contributed by atoms with Crippen LogP contribution in [0, 0.1) is 11.8 Å². The van der Waals surface area contributed by atoms with Crippen molar-refractivity contribution in [1.82, 2.24) is 14.9 Å². The van der Waals surface area contributed by atoms with Crippen LogP contribution in [0.15, 0.2) is 0 Å². The van der Waals surface area contributed by atoms with Crippen LogP contribution >= 0.6 is 0 Å². The first kappa shape index (κ1) is 13.8. The summed E-state index contributed by atoms with van der Waals surface area (Å²) >= 11 is 0. The van der Waals surface area contributed by atoms with Gasteiger partial charge in [0.1, 0.15) is 0 Å². The molecule has 0 aromatic heterocycles. The van der Waals surface area contributed by atoms with Crippen molar-refractivity contribution in [3.8, 4) is 0 Å². The molecular weight excluding hydrogens is 254 g/mol. The summed E-state index contributed by atoms with van der Waals surface area (Å²) in [5.41, 5.74) is 0. The number of carbonyl (C=O) groups is 1. The highest BCUT2D eigenvalue weighted by atomic mass is 32.2. The third-order valence-corrected chi connectivity index (χ3v) is 4.29. The summed E-state index contributed by atoms with van der Waals surface area (Å²) in [5.74, 6) is 0.592. The fourth-order valence-electron chi connectivity index (χ4n) is 2.42. The SMILES string of the molecule is CS(=O)(=O)NCC1CCCN(C(=O)C2CNC2)C1. The summed E-state index contributed by atoms with van der Waals surface area (Å²) in [4.78, 5) is 14.0. The Morgan fingerprint density at radius 1 is 1.44 bits per heavy atom. The number of nitrogens with zero attached hydrogens (tertiary/aromatic N) is 1. The largest absolute Gasteiger partial charge is 0.342 e. The fourth-order valence-corrected chi connectivity index (χ4v) is 2.96. The Balaban J connectivity index is 1.82. The molecule has 18 heavy (non-hydrogen) atoms. The van der Waals surface area contributed by atoms with E-state index in [0.29, 0.717) is 13.1 Å². The van der Waals surface area contributed by atoms with Crippen LogP contribution in [0.25, 0.3) is 0 Å². The van der Waals surface area contributed by atoms with Crippen molar-refractivity contribution >= 4 is 15.9 Å². The average Bonchev–Trinajstić information content (AvgIpc) is 2.23. The number of sulfonamides is 1. The minimum atomic E-state index is -3.13. The van der Waals surface area contributed by atoms with E-state index in [-0.39, 0.29) is 17.7 Å². The molecule has 1 amide bonds. The van der Waals surface area contributed by atoms with Gasteiger partial charge in [0.05, 0.1) is 12.2 Å². The van der Waals surface area contributed by atoms with E-state index in [1.165, 1.54) is 6.26 Å². The lowest BCUT2D eigenvalue weighted by atomic mass is 9.95. The molecule has 0 aliphatic carbocycles. The van der Waals surface area contributed by atoms with Crippen LogP contribution in [0.2, 0.25) is 0 Å². The van der Waals surface area contributed by atoms with Gasteiger partial charge in [-0.3, -0.25) is 4.79 Å². The Morgan fingerprint density at radius 2 is 2.17 bits per heavy atom. The van der Waals surface area contributed by atoms with Gasteiger partial charge in [-0.2, -0.15) is 0 Å². The number of likely N-dealkylation sites (tertiary alicyclic amines) is 1. The lowest BCUT2D eigenvalue weighted by Gasteiger charge is -2.37. The van der Waals surface area contributed by atoms with Crippen molar-refractivity contribution in [2.24, 2.45) is 11.8 Å². The average molecular weight is 275 g/mol. The molecule has 0 bridgehead atoms. The van der Waals surface area contributed by atoms with Crippen LogP contribution in [0.1, 0.15) is 12.8 Å². The summed E-state index contributed by atoms with van der Waals surface area (Å²) in [6, 6.07) is 0. The summed E-state index contributed by atoms with van der Waals surface area (Å²) in [5, 5.41) is 3.10. The molecule has 0 aromatic carbocycles. The van der Waals surface area contributed by atoms with Crippen molar-refractivity contribution < 1.29 is 13.2 Å². The second-order valence-electron chi connectivity index (χ2n) is 5.27. The van der Waals surface area contributed by atoms with Crippen LogP contribution in [0.5, 0.6) is 0 Å². The van der Waals surface area contributed by atoms with Crippen LogP contribution in [-0.2, 0) is 14.8 Å². The molecule has 2 saturated heterocycles. The van der Waals surface area contributed by atoms with Crippen LogP contribution in [0.3, 0.4) is 0 Å². The minimum absolute atomic E-state index is 0.131. The maximum Gasteiger partial charge on any atom is 0.228 e. The molecule has 2 aliphatic heterocycles. The van der Waals surface area contributed by atoms with Gasteiger partial charge in [0.2, 0.25) is 15.9 Å². The molecule has 2 fully saturated rings. The predicted octanol–water partition coefficient (Wildman–Crippen LogP) is -1.01. The number of hydrogen-bond acceptors (Lipinski definition) is 4. The highest BCUT2D eigenvalue weighted by Gasteiger charge is 2.32. The lowest BCUT2D eigenvalue weighted by molar-refractivity contribution is -0.138. The topological polar surface area (TPSA) is 78.5 Å². The van der Waals surface area contributed by atoms with Crippen molar-refractivity contribution in [2.75, 3.05) is 39.0 Å². The normalized spacial score (nSPS) is 25.8. The molecule has 0 saturated carbocycles. The third kappa shape index (κ3) is 3.66. The molecule has 1 unspecified atom stereocenters. The Morgan fingerprint density at radius 3 is 2.72 bits per heavy atom. The van der Waals surface area contributed by atoms with E-state index in [4.69, 9.17) is 0 Å². The fraction of sp³-hybridized carbons (Fsp3) is 0.909. The molecule has 1 atom stereocenters. The van der Waals surface area contributed by atoms with Gasteiger partial charge in [-0.25, -0.2) is 13.1 Å². The molecular formula is C11H21N3O3S. The molecule has 6 nitrogen and oxygen atoms in total. The maximum absolute atomic E-state index is 12.1. The van der Waals surface area contributed by atoms with E-state index >= 15 is 0 Å². The zero-order valence-electron chi connectivity index (χ0n) is 10.7. The van der Waals surface area contributed by atoms with Gasteiger partial charge in [0.25, 0.3) is 0 Å². The van der Waals surface area contributed by atoms with Crippen LogP contribution in [0.4, 0.5) is 0 Å². The molecule has 0 spiro atoms. The second kappa shape index (κ2) is 5.54. The molecule has 0 radical (unpaired) electrons. The smallest absolute Gasteiger partial charge is 0.228 e. The van der Waals surface area contributed by atoms with Crippen LogP contribution in [-0.4, -0.2) is 58.2 Å². The van der Waals surface area contributed by atoms with Gasteiger partial charge in [-0.1, -0.05) is 0 Å². The number of hydrogen-bond donors (Lipinski definition) is 2. The molecule has 2 heterocycles. The van der Waals surface area contributed by atoms with Crippen molar-refractivity contribution in [3.63, 3.8) is 0 Å². The third-order valence-electron chi connectivity index (χ3n) is 3.60. The standard InChI is InChI=1S/C11H21N3O3S/c1-18(16,17)13-5-9-3-2-4-14(8-9)11(15)10-6-12-7-10/h9-10,12-13H,2-8H2,1H3. The molecule has 7 heteroatoms. The van der Waals surface area contributed by atoms with Gasteiger partial charge in [-0.15, -0.1) is 0 Å². The first-order valence-electron chi connectivity index (χ1n) is 6.40. The summed E-state index contributed by atoms with van der Waals surface area (Å²) < 4.78 is 24.6. The Hall–Kier alpha value is -0.660. The zero-order valence-corrected chi connectivity index (χ0v) is 11.5. The van der Waals surface area contributed by atoms with E-state index < -0.39 is 10.0 Å². The second-order valence-corrected chi connectivity index (χ2v) is 7.10. The van der Waals surface area contributed by atoms with Crippen molar-refractivity contribution in [1.29, 1.82) is 0 Å². The van der Waals surface area contributed by atoms with E-state index in [1.807, 2.05) is 4.90 Å². The Kier molecular flexibility index (Phi) is 4.24. The molecule has 2 aliphatic rings. The number of nitrogens with one attached hydrogen (secondary N) is 2. The summed E-state index contributed by atoms with van der Waals surface area (Å²) in [6.45, 7) is 3.48. The Labute approximate surface area is 108 Å². The number of amides is 1. The van der Waals surface area contributed by atoms with Gasteiger partial charge in [0.15, 0.2) is 0 Å². The summed E-state index contributed by atoms with van der Waals surface area (Å²) in [6.07, 6.45) is 3.11. The highest BCUT2D eigenvalue weighted by Crippen LogP contribution is 2.19. The van der Waals surface area contributed by atoms with Gasteiger partial charge in [-0.05, 0) is 18.8 Å². The summed E-state index contributed by atoms with van der Waals surface area (Å²) in [7, 11) is -3.13. The minimum Gasteiger partial charge on any atom is -0.342 e. The highest BCUT2D eigenvalue weighted by molar-refractivity contribution is 7.88. The van der Waals surface area contributed by atoms with Crippen LogP contribution < -0.4 is 10.0 Å². The van der Waals surface area contributed by atoms with Gasteiger partial charge < -0.3 is 10.2 Å². The monoisotopic (exact) mass is 275 g/mol. The Bertz CT molecular complexity index is 406. The number of carbonyl (C=O) groups excluding carboxylic acids is 1. The number of piperidine rings is 1. The molecule has 2 N–H and O–H groups in total. The number of rotatable bonds is 4. The first-order valence-corrected chi connectivity index (χ1v) is 8.29. The van der Waals surface area contributed by atoms with Crippen molar-refractivity contribution in [3.05, 3.63) is 0 Å². The molecule has 0 aromatic rings. The maximum atomic E-state index is 12.1. The van der Waals surface area contributed by atoms with E-state index in [1.54, 1.807) is 0 Å². The van der Waals surface area contributed by atoms with E-state index in [0.717, 1.165) is 32.5 Å².